The molecule has 2 aromatic carbocycles. The number of methoxy groups -OCH3 is 1. The van der Waals surface area contributed by atoms with Crippen LogP contribution in [0.15, 0.2) is 67.0 Å². The molecule has 1 heterocycles. The van der Waals surface area contributed by atoms with Crippen LogP contribution in [0.3, 0.4) is 0 Å². The van der Waals surface area contributed by atoms with Gasteiger partial charge in [-0.05, 0) is 36.8 Å². The number of carbonyl (C=O) groups is 1. The first-order chi connectivity index (χ1) is 13.1. The average molecular weight is 382 g/mol. The summed E-state index contributed by atoms with van der Waals surface area (Å²) < 4.78 is 5.15. The van der Waals surface area contributed by atoms with Crippen LogP contribution in [0, 0.1) is 0 Å². The molecule has 0 spiro atoms. The van der Waals surface area contributed by atoms with Crippen LogP contribution in [-0.4, -0.2) is 18.0 Å². The second-order valence-corrected chi connectivity index (χ2v) is 6.45. The van der Waals surface area contributed by atoms with Crippen LogP contribution in [-0.2, 0) is 0 Å². The fourth-order valence-corrected chi connectivity index (χ4v) is 2.91. The molecule has 2 N–H and O–H groups in total. The van der Waals surface area contributed by atoms with Crippen LogP contribution >= 0.6 is 11.6 Å². The smallest absolute Gasteiger partial charge is 0.253 e. The molecule has 0 saturated carbocycles. The van der Waals surface area contributed by atoms with E-state index in [1.165, 1.54) is 0 Å². The van der Waals surface area contributed by atoms with Gasteiger partial charge in [0.1, 0.15) is 5.75 Å². The molecule has 0 radical (unpaired) electrons. The first kappa shape index (κ1) is 18.7. The van der Waals surface area contributed by atoms with E-state index in [1.54, 1.807) is 37.7 Å². The van der Waals surface area contributed by atoms with Gasteiger partial charge >= 0.3 is 0 Å². The number of aromatic nitrogens is 1. The van der Waals surface area contributed by atoms with Gasteiger partial charge in [0.05, 0.1) is 35.6 Å². The number of halogens is 1. The average Bonchev–Trinajstić information content (AvgIpc) is 2.69. The second-order valence-electron chi connectivity index (χ2n) is 6.04. The number of rotatable bonds is 6. The predicted molar refractivity (Wildman–Crippen MR) is 108 cm³/mol. The topological polar surface area (TPSA) is 63.2 Å². The maximum absolute atomic E-state index is 12.6. The molecule has 3 aromatic rings. The number of ether oxygens (including phenoxy) is 1. The number of hydrogen-bond acceptors (Lipinski definition) is 4. The van der Waals surface area contributed by atoms with Crippen molar-refractivity contribution in [2.45, 2.75) is 13.0 Å². The summed E-state index contributed by atoms with van der Waals surface area (Å²) in [7, 11) is 1.57. The van der Waals surface area contributed by atoms with Crippen molar-refractivity contribution in [2.75, 3.05) is 12.4 Å². The van der Waals surface area contributed by atoms with E-state index in [4.69, 9.17) is 16.3 Å². The summed E-state index contributed by atoms with van der Waals surface area (Å²) in [5.74, 6) is 0.415. The Morgan fingerprint density at radius 1 is 1.07 bits per heavy atom. The van der Waals surface area contributed by atoms with E-state index in [-0.39, 0.29) is 11.9 Å². The number of carbonyl (C=O) groups excluding carboxylic acids is 1. The molecule has 0 aliphatic heterocycles. The molecule has 0 fully saturated rings. The van der Waals surface area contributed by atoms with Crippen molar-refractivity contribution in [2.24, 2.45) is 0 Å². The number of nitrogens with zero attached hydrogens (tertiary/aromatic N) is 1. The maximum Gasteiger partial charge on any atom is 0.253 e. The number of amides is 1. The zero-order valence-electron chi connectivity index (χ0n) is 15.1. The minimum Gasteiger partial charge on any atom is -0.495 e. The highest BCUT2D eigenvalue weighted by Gasteiger charge is 2.12. The van der Waals surface area contributed by atoms with Crippen molar-refractivity contribution in [3.05, 3.63) is 83.1 Å². The van der Waals surface area contributed by atoms with Crippen LogP contribution in [0.2, 0.25) is 5.02 Å². The van der Waals surface area contributed by atoms with E-state index >= 15 is 0 Å². The molecule has 138 valence electrons. The molecular weight excluding hydrogens is 362 g/mol. The monoisotopic (exact) mass is 381 g/mol. The van der Waals surface area contributed by atoms with Gasteiger partial charge in [0.2, 0.25) is 0 Å². The first-order valence-electron chi connectivity index (χ1n) is 8.48. The van der Waals surface area contributed by atoms with E-state index < -0.39 is 0 Å². The van der Waals surface area contributed by atoms with Gasteiger partial charge in [0.15, 0.2) is 0 Å². The molecule has 0 saturated heterocycles. The lowest BCUT2D eigenvalue weighted by atomic mass is 10.1. The summed E-state index contributed by atoms with van der Waals surface area (Å²) in [5, 5.41) is 6.68. The molecule has 0 bridgehead atoms. The lowest BCUT2D eigenvalue weighted by Crippen LogP contribution is -2.26. The van der Waals surface area contributed by atoms with Crippen molar-refractivity contribution < 1.29 is 9.53 Å². The number of hydrogen-bond donors (Lipinski definition) is 2. The number of pyridine rings is 1. The van der Waals surface area contributed by atoms with E-state index in [0.29, 0.717) is 22.0 Å². The molecule has 5 nitrogen and oxygen atoms in total. The molecule has 1 atom stereocenters. The van der Waals surface area contributed by atoms with Gasteiger partial charge in [-0.1, -0.05) is 41.9 Å². The molecule has 6 heteroatoms. The van der Waals surface area contributed by atoms with E-state index in [0.717, 1.165) is 11.3 Å². The van der Waals surface area contributed by atoms with Gasteiger partial charge in [0, 0.05) is 11.9 Å². The van der Waals surface area contributed by atoms with Gasteiger partial charge in [-0.15, -0.1) is 0 Å². The summed E-state index contributed by atoms with van der Waals surface area (Å²) in [6.45, 7) is 1.95. The Labute approximate surface area is 163 Å². The minimum atomic E-state index is -0.185. The third-order valence-electron chi connectivity index (χ3n) is 4.09. The lowest BCUT2D eigenvalue weighted by molar-refractivity contribution is 0.0939. The number of nitrogens with one attached hydrogen (secondary N) is 2. The highest BCUT2D eigenvalue weighted by molar-refractivity contribution is 6.32. The quantitative estimate of drug-likeness (QED) is 0.632. The zero-order chi connectivity index (χ0) is 19.2. The molecule has 1 amide bonds. The lowest BCUT2D eigenvalue weighted by Gasteiger charge is -2.15. The number of benzene rings is 2. The fraction of sp³-hybridized carbons (Fsp3) is 0.143. The van der Waals surface area contributed by atoms with Crippen molar-refractivity contribution in [1.29, 1.82) is 0 Å². The van der Waals surface area contributed by atoms with E-state index in [1.807, 2.05) is 43.3 Å². The Kier molecular flexibility index (Phi) is 5.94. The predicted octanol–water partition coefficient (Wildman–Crippen LogP) is 4.98. The summed E-state index contributed by atoms with van der Waals surface area (Å²) in [6.07, 6.45) is 3.19. The van der Waals surface area contributed by atoms with Gasteiger partial charge in [0.25, 0.3) is 5.91 Å². The van der Waals surface area contributed by atoms with Crippen LogP contribution < -0.4 is 15.4 Å². The molecular formula is C21H20ClN3O2. The van der Waals surface area contributed by atoms with Crippen LogP contribution in [0.25, 0.3) is 0 Å². The molecule has 0 aliphatic carbocycles. The van der Waals surface area contributed by atoms with Crippen molar-refractivity contribution >= 4 is 28.9 Å². The Hall–Kier alpha value is -3.05. The maximum atomic E-state index is 12.6. The van der Waals surface area contributed by atoms with Gasteiger partial charge in [-0.25, -0.2) is 0 Å². The van der Waals surface area contributed by atoms with Gasteiger partial charge in [-0.3, -0.25) is 9.78 Å². The highest BCUT2D eigenvalue weighted by Crippen LogP contribution is 2.28. The number of anilines is 2. The van der Waals surface area contributed by atoms with Crippen molar-refractivity contribution in [3.63, 3.8) is 0 Å². The van der Waals surface area contributed by atoms with Crippen molar-refractivity contribution in [3.8, 4) is 5.75 Å². The Morgan fingerprint density at radius 3 is 2.56 bits per heavy atom. The van der Waals surface area contributed by atoms with Crippen molar-refractivity contribution in [1.82, 2.24) is 10.3 Å². The second kappa shape index (κ2) is 8.56. The Bertz CT molecular complexity index is 932. The molecule has 1 unspecified atom stereocenters. The normalized spacial score (nSPS) is 11.5. The Balaban J connectivity index is 1.71. The van der Waals surface area contributed by atoms with E-state index in [9.17, 15) is 4.79 Å². The summed E-state index contributed by atoms with van der Waals surface area (Å²) in [5.41, 5.74) is 2.98. The Morgan fingerprint density at radius 2 is 1.85 bits per heavy atom. The van der Waals surface area contributed by atoms with Crippen LogP contribution in [0.4, 0.5) is 11.4 Å². The molecule has 3 rings (SSSR count). The molecule has 1 aromatic heterocycles. The zero-order valence-corrected chi connectivity index (χ0v) is 15.8. The fourth-order valence-electron chi connectivity index (χ4n) is 2.65. The molecule has 27 heavy (non-hydrogen) atoms. The van der Waals surface area contributed by atoms with Gasteiger partial charge in [-0.2, -0.15) is 0 Å². The summed E-state index contributed by atoms with van der Waals surface area (Å²) in [6, 6.07) is 16.8. The standard InChI is InChI=1S/C21H20ClN3O2/c1-14(15-6-4-3-5-7-15)24-21(26)16-10-18(13-23-12-16)25-17-8-9-20(27-2)19(22)11-17/h3-14,25H,1-2H3,(H,24,26). The minimum absolute atomic E-state index is 0.101. The van der Waals surface area contributed by atoms with Crippen LogP contribution in [0.1, 0.15) is 28.9 Å². The third-order valence-corrected chi connectivity index (χ3v) is 4.38. The van der Waals surface area contributed by atoms with E-state index in [2.05, 4.69) is 15.6 Å². The summed E-state index contributed by atoms with van der Waals surface area (Å²) >= 11 is 6.15. The van der Waals surface area contributed by atoms with Crippen LogP contribution in [0.5, 0.6) is 5.75 Å². The largest absolute Gasteiger partial charge is 0.495 e. The third kappa shape index (κ3) is 4.77. The molecule has 0 aliphatic rings. The highest BCUT2D eigenvalue weighted by atomic mass is 35.5. The SMILES string of the molecule is COc1ccc(Nc2cncc(C(=O)NC(C)c3ccccc3)c2)cc1Cl. The van der Waals surface area contributed by atoms with Gasteiger partial charge < -0.3 is 15.4 Å². The summed E-state index contributed by atoms with van der Waals surface area (Å²) in [4.78, 5) is 16.7. The first-order valence-corrected chi connectivity index (χ1v) is 8.86.